The van der Waals surface area contributed by atoms with Gasteiger partial charge in [-0.1, -0.05) is 20.8 Å². The van der Waals surface area contributed by atoms with Gasteiger partial charge in [0.1, 0.15) is 0 Å². The van der Waals surface area contributed by atoms with Gasteiger partial charge in [-0.05, 0) is 38.6 Å². The van der Waals surface area contributed by atoms with Crippen molar-refractivity contribution in [3.63, 3.8) is 0 Å². The van der Waals surface area contributed by atoms with E-state index < -0.39 is 0 Å². The number of hydrogen-bond acceptors (Lipinski definition) is 2. The summed E-state index contributed by atoms with van der Waals surface area (Å²) in [5, 5.41) is 3.35. The number of rotatable bonds is 7. The first-order valence-electron chi connectivity index (χ1n) is 5.74. The van der Waals surface area contributed by atoms with Gasteiger partial charge >= 0.3 is 0 Å². The summed E-state index contributed by atoms with van der Waals surface area (Å²) in [6.45, 7) is 10.6. The van der Waals surface area contributed by atoms with E-state index in [1.807, 2.05) is 14.0 Å². The molecule has 1 atom stereocenters. The first-order valence-corrected chi connectivity index (χ1v) is 5.74. The lowest BCUT2D eigenvalue weighted by molar-refractivity contribution is 0.134. The summed E-state index contributed by atoms with van der Waals surface area (Å²) < 4.78 is 5.36. The molecule has 0 aliphatic carbocycles. The molecule has 0 aromatic carbocycles. The van der Waals surface area contributed by atoms with Gasteiger partial charge in [0.15, 0.2) is 0 Å². The Hall–Kier alpha value is -0.0800. The normalized spacial score (nSPS) is 14.4. The third-order valence-corrected chi connectivity index (χ3v) is 2.47. The van der Waals surface area contributed by atoms with Gasteiger partial charge in [-0.2, -0.15) is 0 Å². The molecule has 0 spiro atoms. The zero-order valence-electron chi connectivity index (χ0n) is 10.5. The Morgan fingerprint density at radius 1 is 1.21 bits per heavy atom. The van der Waals surface area contributed by atoms with Gasteiger partial charge in [0.05, 0.1) is 0 Å². The van der Waals surface area contributed by atoms with E-state index >= 15 is 0 Å². The lowest BCUT2D eigenvalue weighted by Gasteiger charge is -2.22. The Morgan fingerprint density at radius 2 is 1.86 bits per heavy atom. The fourth-order valence-electron chi connectivity index (χ4n) is 1.41. The van der Waals surface area contributed by atoms with Crippen LogP contribution in [-0.4, -0.2) is 26.3 Å². The van der Waals surface area contributed by atoms with Crippen molar-refractivity contribution in [2.75, 3.05) is 20.3 Å². The van der Waals surface area contributed by atoms with Gasteiger partial charge in [-0.25, -0.2) is 0 Å². The van der Waals surface area contributed by atoms with Crippen LogP contribution in [0.1, 0.15) is 47.0 Å². The first-order chi connectivity index (χ1) is 6.49. The van der Waals surface area contributed by atoms with Gasteiger partial charge in [0, 0.05) is 19.3 Å². The van der Waals surface area contributed by atoms with Crippen molar-refractivity contribution in [3.8, 4) is 0 Å². The minimum atomic E-state index is 0.445. The molecule has 14 heavy (non-hydrogen) atoms. The van der Waals surface area contributed by atoms with E-state index in [2.05, 4.69) is 26.1 Å². The molecular formula is C12H27NO. The molecular weight excluding hydrogens is 174 g/mol. The molecule has 0 aliphatic rings. The van der Waals surface area contributed by atoms with Gasteiger partial charge in [0.2, 0.25) is 0 Å². The van der Waals surface area contributed by atoms with Gasteiger partial charge in [0.25, 0.3) is 0 Å². The molecule has 0 aliphatic heterocycles. The molecule has 86 valence electrons. The van der Waals surface area contributed by atoms with Crippen molar-refractivity contribution in [2.45, 2.75) is 53.0 Å². The summed E-state index contributed by atoms with van der Waals surface area (Å²) in [5.41, 5.74) is 0.445. The monoisotopic (exact) mass is 201 g/mol. The summed E-state index contributed by atoms with van der Waals surface area (Å²) in [4.78, 5) is 0. The average molecular weight is 201 g/mol. The molecule has 1 unspecified atom stereocenters. The van der Waals surface area contributed by atoms with Crippen LogP contribution in [0.2, 0.25) is 0 Å². The summed E-state index contributed by atoms with van der Waals surface area (Å²) in [6.07, 6.45) is 3.64. The van der Waals surface area contributed by atoms with Crippen LogP contribution in [-0.2, 0) is 4.74 Å². The molecule has 0 heterocycles. The molecule has 2 nitrogen and oxygen atoms in total. The standard InChI is InChI=1S/C12H27NO/c1-6-14-10-8-11(13-5)7-9-12(2,3)4/h11,13H,6-10H2,1-5H3. The van der Waals surface area contributed by atoms with E-state index in [0.29, 0.717) is 11.5 Å². The molecule has 0 radical (unpaired) electrons. The van der Waals surface area contributed by atoms with Crippen LogP contribution in [0, 0.1) is 5.41 Å². The van der Waals surface area contributed by atoms with Crippen LogP contribution in [0.15, 0.2) is 0 Å². The van der Waals surface area contributed by atoms with Gasteiger partial charge in [-0.15, -0.1) is 0 Å². The molecule has 0 saturated carbocycles. The molecule has 0 bridgehead atoms. The minimum absolute atomic E-state index is 0.445. The second kappa shape index (κ2) is 7.24. The Kier molecular flexibility index (Phi) is 7.20. The summed E-state index contributed by atoms with van der Waals surface area (Å²) >= 11 is 0. The Labute approximate surface area is 89.4 Å². The summed E-state index contributed by atoms with van der Waals surface area (Å²) in [7, 11) is 2.04. The predicted octanol–water partition coefficient (Wildman–Crippen LogP) is 2.83. The highest BCUT2D eigenvalue weighted by atomic mass is 16.5. The van der Waals surface area contributed by atoms with E-state index in [9.17, 15) is 0 Å². The van der Waals surface area contributed by atoms with Crippen molar-refractivity contribution >= 4 is 0 Å². The Balaban J connectivity index is 3.58. The highest BCUT2D eigenvalue weighted by Gasteiger charge is 2.13. The summed E-state index contributed by atoms with van der Waals surface area (Å²) in [5.74, 6) is 0. The molecule has 1 N–H and O–H groups in total. The van der Waals surface area contributed by atoms with E-state index in [0.717, 1.165) is 19.6 Å². The van der Waals surface area contributed by atoms with Gasteiger partial charge < -0.3 is 10.1 Å². The van der Waals surface area contributed by atoms with Gasteiger partial charge in [-0.3, -0.25) is 0 Å². The lowest BCUT2D eigenvalue weighted by atomic mass is 9.88. The average Bonchev–Trinajstić information content (AvgIpc) is 2.09. The quantitative estimate of drug-likeness (QED) is 0.640. The number of hydrogen-bond donors (Lipinski definition) is 1. The van der Waals surface area contributed by atoms with Crippen molar-refractivity contribution in [2.24, 2.45) is 5.41 Å². The van der Waals surface area contributed by atoms with Crippen LogP contribution in [0.25, 0.3) is 0 Å². The van der Waals surface area contributed by atoms with E-state index in [1.54, 1.807) is 0 Å². The maximum absolute atomic E-state index is 5.36. The molecule has 0 aromatic heterocycles. The fourth-order valence-corrected chi connectivity index (χ4v) is 1.41. The van der Waals surface area contributed by atoms with Crippen molar-refractivity contribution < 1.29 is 4.74 Å². The van der Waals surface area contributed by atoms with E-state index in [4.69, 9.17) is 4.74 Å². The second-order valence-electron chi connectivity index (χ2n) is 5.07. The molecule has 0 amide bonds. The zero-order valence-corrected chi connectivity index (χ0v) is 10.5. The third-order valence-electron chi connectivity index (χ3n) is 2.47. The maximum Gasteiger partial charge on any atom is 0.0480 e. The Bertz CT molecular complexity index is 129. The van der Waals surface area contributed by atoms with Crippen LogP contribution in [0.5, 0.6) is 0 Å². The second-order valence-corrected chi connectivity index (χ2v) is 5.07. The minimum Gasteiger partial charge on any atom is -0.382 e. The van der Waals surface area contributed by atoms with E-state index in [-0.39, 0.29) is 0 Å². The molecule has 0 saturated heterocycles. The fraction of sp³-hybridized carbons (Fsp3) is 1.00. The zero-order chi connectivity index (χ0) is 11.0. The molecule has 0 rings (SSSR count). The highest BCUT2D eigenvalue weighted by molar-refractivity contribution is 4.69. The van der Waals surface area contributed by atoms with Crippen LogP contribution in [0.3, 0.4) is 0 Å². The molecule has 2 heteroatoms. The van der Waals surface area contributed by atoms with Crippen molar-refractivity contribution in [1.29, 1.82) is 0 Å². The highest BCUT2D eigenvalue weighted by Crippen LogP contribution is 2.22. The molecule has 0 aromatic rings. The lowest BCUT2D eigenvalue weighted by Crippen LogP contribution is -2.28. The Morgan fingerprint density at radius 3 is 2.29 bits per heavy atom. The number of ether oxygens (including phenoxy) is 1. The maximum atomic E-state index is 5.36. The predicted molar refractivity (Wildman–Crippen MR) is 62.6 cm³/mol. The third kappa shape index (κ3) is 8.52. The van der Waals surface area contributed by atoms with Crippen molar-refractivity contribution in [1.82, 2.24) is 5.32 Å². The van der Waals surface area contributed by atoms with Crippen LogP contribution in [0.4, 0.5) is 0 Å². The summed E-state index contributed by atoms with van der Waals surface area (Å²) in [6, 6.07) is 0.612. The molecule has 0 fully saturated rings. The number of nitrogens with one attached hydrogen (secondary N) is 1. The smallest absolute Gasteiger partial charge is 0.0480 e. The topological polar surface area (TPSA) is 21.3 Å². The first kappa shape index (κ1) is 13.9. The van der Waals surface area contributed by atoms with Crippen molar-refractivity contribution in [3.05, 3.63) is 0 Å². The largest absolute Gasteiger partial charge is 0.382 e. The van der Waals surface area contributed by atoms with Crippen LogP contribution >= 0.6 is 0 Å². The van der Waals surface area contributed by atoms with Crippen LogP contribution < -0.4 is 5.32 Å². The van der Waals surface area contributed by atoms with E-state index in [1.165, 1.54) is 12.8 Å². The SMILES string of the molecule is CCOCCC(CCC(C)(C)C)NC.